The second-order valence-electron chi connectivity index (χ2n) is 7.32. The van der Waals surface area contributed by atoms with E-state index in [9.17, 15) is 31.9 Å². The van der Waals surface area contributed by atoms with Crippen LogP contribution in [0.4, 0.5) is 23.2 Å². The highest BCUT2D eigenvalue weighted by Gasteiger charge is 2.35. The van der Waals surface area contributed by atoms with Gasteiger partial charge in [0.25, 0.3) is 5.56 Å². The molecule has 0 N–H and O–H groups in total. The molecule has 0 saturated carbocycles. The summed E-state index contributed by atoms with van der Waals surface area (Å²) in [6.07, 6.45) is -1.84. The van der Waals surface area contributed by atoms with Gasteiger partial charge in [0, 0.05) is 25.5 Å². The Labute approximate surface area is 203 Å². The number of carbonyl (C=O) groups is 1. The van der Waals surface area contributed by atoms with Crippen LogP contribution in [-0.4, -0.2) is 35.8 Å². The number of carbonyl (C=O) groups excluding carboxylic acids is 1. The predicted octanol–water partition coefficient (Wildman–Crippen LogP) is 3.51. The zero-order valence-electron chi connectivity index (χ0n) is 17.7. The zero-order chi connectivity index (χ0) is 25.5. The van der Waals surface area contributed by atoms with Gasteiger partial charge in [-0.3, -0.25) is 24.0 Å². The van der Waals surface area contributed by atoms with Crippen molar-refractivity contribution >= 4 is 40.1 Å². The number of amides is 1. The summed E-state index contributed by atoms with van der Waals surface area (Å²) in [4.78, 5) is 47.0. The van der Waals surface area contributed by atoms with Crippen LogP contribution in [-0.2, 0) is 24.6 Å². The first kappa shape index (κ1) is 24.7. The maximum atomic E-state index is 14.7. The number of hydrogen-bond acceptors (Lipinski definition) is 6. The van der Waals surface area contributed by atoms with Crippen LogP contribution < -0.4 is 11.2 Å². The van der Waals surface area contributed by atoms with E-state index in [4.69, 9.17) is 11.6 Å². The lowest BCUT2D eigenvalue weighted by Crippen LogP contribution is -2.41. The molecule has 4 rings (SSSR count). The van der Waals surface area contributed by atoms with Gasteiger partial charge in [-0.15, -0.1) is 0 Å². The quantitative estimate of drug-likeness (QED) is 0.485. The lowest BCUT2D eigenvalue weighted by Gasteiger charge is -2.17. The molecule has 1 amide bonds. The van der Waals surface area contributed by atoms with Gasteiger partial charge in [-0.25, -0.2) is 18.7 Å². The Morgan fingerprint density at radius 1 is 1.14 bits per heavy atom. The fourth-order valence-corrected chi connectivity index (χ4v) is 4.40. The van der Waals surface area contributed by atoms with Gasteiger partial charge in [0.05, 0.1) is 28.7 Å². The van der Waals surface area contributed by atoms with Gasteiger partial charge in [0.15, 0.2) is 5.17 Å². The summed E-state index contributed by atoms with van der Waals surface area (Å²) < 4.78 is 54.6. The van der Waals surface area contributed by atoms with Gasteiger partial charge in [-0.05, 0) is 29.8 Å². The summed E-state index contributed by atoms with van der Waals surface area (Å²) >= 11 is 7.22. The maximum Gasteiger partial charge on any atom is 0.431 e. The van der Waals surface area contributed by atoms with Crippen LogP contribution in [0.1, 0.15) is 11.3 Å². The molecule has 1 aromatic carbocycles. The molecule has 0 unspecified atom stereocenters. The van der Waals surface area contributed by atoms with Crippen molar-refractivity contribution in [1.82, 2.24) is 19.0 Å². The monoisotopic (exact) mass is 527 g/mol. The number of alkyl halides is 3. The van der Waals surface area contributed by atoms with E-state index in [-0.39, 0.29) is 49.3 Å². The number of aromatic nitrogens is 3. The Hall–Kier alpha value is -3.45. The van der Waals surface area contributed by atoms with Gasteiger partial charge in [-0.1, -0.05) is 23.4 Å². The Morgan fingerprint density at radius 3 is 2.49 bits per heavy atom. The molecule has 1 saturated heterocycles. The van der Waals surface area contributed by atoms with Crippen LogP contribution in [0.3, 0.4) is 0 Å². The highest BCUT2D eigenvalue weighted by Crippen LogP contribution is 2.33. The molecule has 8 nitrogen and oxygen atoms in total. The highest BCUT2D eigenvalue weighted by molar-refractivity contribution is 8.15. The van der Waals surface area contributed by atoms with E-state index in [2.05, 4.69) is 9.98 Å². The topological polar surface area (TPSA) is 89.6 Å². The first-order valence-electron chi connectivity index (χ1n) is 9.78. The molecule has 1 aliphatic rings. The lowest BCUT2D eigenvalue weighted by molar-refractivity contribution is -0.144. The molecule has 2 aromatic heterocycles. The number of hydrogen-bond donors (Lipinski definition) is 0. The molecule has 0 spiro atoms. The maximum absolute atomic E-state index is 14.7. The fourth-order valence-electron chi connectivity index (χ4n) is 3.31. The average Bonchev–Trinajstić information content (AvgIpc) is 3.12. The zero-order valence-corrected chi connectivity index (χ0v) is 19.3. The molecule has 1 fully saturated rings. The fraction of sp³-hybridized carbons (Fsp3) is 0.190. The van der Waals surface area contributed by atoms with Gasteiger partial charge in [-0.2, -0.15) is 13.2 Å². The molecule has 0 radical (unpaired) electrons. The Kier molecular flexibility index (Phi) is 6.56. The van der Waals surface area contributed by atoms with E-state index < -0.39 is 34.6 Å². The number of pyridine rings is 1. The third kappa shape index (κ3) is 4.86. The summed E-state index contributed by atoms with van der Waals surface area (Å²) in [5.74, 6) is -1.27. The van der Waals surface area contributed by atoms with Crippen molar-refractivity contribution in [3.8, 4) is 5.69 Å². The number of benzene rings is 1. The SMILES string of the molecule is Cn1c(C(F)(F)F)cc(=O)n(-c2cc(/N=C3\SCC(=O)N3Cc3ccncc3)c(Cl)cc2F)c1=O. The Balaban J connectivity index is 1.81. The van der Waals surface area contributed by atoms with Gasteiger partial charge in [0.2, 0.25) is 5.91 Å². The van der Waals surface area contributed by atoms with Crippen molar-refractivity contribution < 1.29 is 22.4 Å². The molecule has 14 heteroatoms. The van der Waals surface area contributed by atoms with E-state index >= 15 is 0 Å². The van der Waals surface area contributed by atoms with Crippen molar-refractivity contribution in [1.29, 1.82) is 0 Å². The summed E-state index contributed by atoms with van der Waals surface area (Å²) in [5.41, 5.74) is -4.23. The minimum absolute atomic E-state index is 0.0890. The van der Waals surface area contributed by atoms with Gasteiger partial charge < -0.3 is 0 Å². The van der Waals surface area contributed by atoms with Crippen molar-refractivity contribution in [3.05, 3.63) is 85.7 Å². The molecular formula is C21H14ClF4N5O3S. The number of aliphatic imine (C=N–C) groups is 1. The number of rotatable bonds is 4. The third-order valence-corrected chi connectivity index (χ3v) is 6.29. The van der Waals surface area contributed by atoms with Crippen LogP contribution in [0.5, 0.6) is 0 Å². The number of amidine groups is 1. The normalized spacial score (nSPS) is 15.3. The molecule has 0 aliphatic carbocycles. The molecule has 0 bridgehead atoms. The molecule has 3 heterocycles. The second-order valence-corrected chi connectivity index (χ2v) is 8.67. The third-order valence-electron chi connectivity index (χ3n) is 5.03. The largest absolute Gasteiger partial charge is 0.431 e. The van der Waals surface area contributed by atoms with Gasteiger partial charge in [0.1, 0.15) is 11.5 Å². The molecule has 182 valence electrons. The Morgan fingerprint density at radius 2 is 1.83 bits per heavy atom. The molecule has 1 aliphatic heterocycles. The van der Waals surface area contributed by atoms with Crippen LogP contribution >= 0.6 is 23.4 Å². The van der Waals surface area contributed by atoms with E-state index in [1.165, 1.54) is 4.90 Å². The summed E-state index contributed by atoms with van der Waals surface area (Å²) in [6, 6.07) is 5.37. The first-order chi connectivity index (χ1) is 16.5. The lowest BCUT2D eigenvalue weighted by atomic mass is 10.2. The molecular weight excluding hydrogens is 514 g/mol. The minimum atomic E-state index is -4.97. The van der Waals surface area contributed by atoms with E-state index in [0.29, 0.717) is 0 Å². The standard InChI is InChI=1S/C21H14ClF4N5O3S/c1-29-16(21(24,25)26)8-17(32)31(20(29)34)15-7-14(12(22)6-13(15)23)28-19-30(18(33)10-35-19)9-11-2-4-27-5-3-11/h2-8H,9-10H2,1H3/b28-19-. The van der Waals surface area contributed by atoms with Crippen LogP contribution in [0.15, 0.2) is 57.3 Å². The van der Waals surface area contributed by atoms with Crippen molar-refractivity contribution in [2.45, 2.75) is 12.7 Å². The van der Waals surface area contributed by atoms with Crippen LogP contribution in [0.2, 0.25) is 5.02 Å². The smallest absolute Gasteiger partial charge is 0.292 e. The van der Waals surface area contributed by atoms with Crippen molar-refractivity contribution in [2.24, 2.45) is 12.0 Å². The second kappa shape index (κ2) is 9.30. The van der Waals surface area contributed by atoms with E-state index in [1.807, 2.05) is 0 Å². The van der Waals surface area contributed by atoms with Crippen molar-refractivity contribution in [3.63, 3.8) is 0 Å². The molecule has 3 aromatic rings. The van der Waals surface area contributed by atoms with Crippen LogP contribution in [0.25, 0.3) is 5.69 Å². The van der Waals surface area contributed by atoms with Crippen LogP contribution in [0, 0.1) is 5.82 Å². The highest BCUT2D eigenvalue weighted by atomic mass is 35.5. The summed E-state index contributed by atoms with van der Waals surface area (Å²) in [6.45, 7) is 0.178. The van der Waals surface area contributed by atoms with E-state index in [1.54, 1.807) is 24.5 Å². The molecule has 0 atom stereocenters. The molecule has 35 heavy (non-hydrogen) atoms. The van der Waals surface area contributed by atoms with Crippen molar-refractivity contribution in [2.75, 3.05) is 5.75 Å². The number of thioether (sulfide) groups is 1. The minimum Gasteiger partial charge on any atom is -0.292 e. The summed E-state index contributed by atoms with van der Waals surface area (Å²) in [5, 5.41) is 0.0401. The van der Waals surface area contributed by atoms with E-state index in [0.717, 1.165) is 36.5 Å². The number of halogens is 5. The predicted molar refractivity (Wildman–Crippen MR) is 122 cm³/mol. The first-order valence-corrected chi connectivity index (χ1v) is 11.1. The Bertz CT molecular complexity index is 1470. The summed E-state index contributed by atoms with van der Waals surface area (Å²) in [7, 11) is 0.813. The van der Waals surface area contributed by atoms with Gasteiger partial charge >= 0.3 is 11.9 Å². The average molecular weight is 528 g/mol. The number of nitrogens with zero attached hydrogens (tertiary/aromatic N) is 5.